The number of halogens is 1. The van der Waals surface area contributed by atoms with Gasteiger partial charge in [-0.05, 0) is 126 Å². The van der Waals surface area contributed by atoms with Crippen molar-refractivity contribution in [3.63, 3.8) is 0 Å². The van der Waals surface area contributed by atoms with Crippen molar-refractivity contribution in [3.05, 3.63) is 113 Å². The minimum absolute atomic E-state index is 0.0312. The minimum atomic E-state index is -1.48. The molecule has 0 radical (unpaired) electrons. The van der Waals surface area contributed by atoms with Crippen molar-refractivity contribution in [2.24, 2.45) is 22.9 Å². The number of ether oxygens (including phenoxy) is 4. The van der Waals surface area contributed by atoms with Gasteiger partial charge in [-0.25, -0.2) is 9.18 Å². The van der Waals surface area contributed by atoms with E-state index in [4.69, 9.17) is 28.9 Å². The largest absolute Gasteiger partial charge is 0.487 e. The number of amides is 1. The summed E-state index contributed by atoms with van der Waals surface area (Å²) < 4.78 is 40.8. The average molecular weight is 828 g/mol. The number of benzene rings is 2. The normalized spacial score (nSPS) is 23.8. The maximum Gasteiger partial charge on any atom is 0.410 e. The molecule has 0 saturated heterocycles. The van der Waals surface area contributed by atoms with Gasteiger partial charge in [0.2, 0.25) is 5.79 Å². The maximum atomic E-state index is 14.4. The minimum Gasteiger partial charge on any atom is -0.487 e. The van der Waals surface area contributed by atoms with Crippen LogP contribution in [0.5, 0.6) is 11.5 Å². The lowest BCUT2D eigenvalue weighted by Crippen LogP contribution is -2.70. The summed E-state index contributed by atoms with van der Waals surface area (Å²) in [6, 6.07) is 17.0. The van der Waals surface area contributed by atoms with Crippen LogP contribution in [0.1, 0.15) is 101 Å². The third-order valence-corrected chi connectivity index (χ3v) is 11.6. The molecule has 2 N–H and O–H groups in total. The van der Waals surface area contributed by atoms with Crippen molar-refractivity contribution in [1.29, 1.82) is 0 Å². The van der Waals surface area contributed by atoms with Crippen LogP contribution in [-0.2, 0) is 27.5 Å². The molecular formula is C48H62FN3O8. The summed E-state index contributed by atoms with van der Waals surface area (Å²) in [4.78, 5) is 26.8. The van der Waals surface area contributed by atoms with E-state index in [1.54, 1.807) is 30.0 Å². The second-order valence-corrected chi connectivity index (χ2v) is 17.0. The van der Waals surface area contributed by atoms with Crippen LogP contribution in [0.2, 0.25) is 0 Å². The number of aliphatic hydroxyl groups is 2. The monoisotopic (exact) mass is 827 g/mol. The number of oxime groups is 1. The Labute approximate surface area is 354 Å². The molecule has 3 aromatic rings. The molecule has 6 unspecified atom stereocenters. The van der Waals surface area contributed by atoms with E-state index in [0.29, 0.717) is 35.6 Å². The number of aryl methyl sites for hydroxylation is 1. The van der Waals surface area contributed by atoms with Crippen LogP contribution in [0.25, 0.3) is 0 Å². The fourth-order valence-electron chi connectivity index (χ4n) is 9.06. The van der Waals surface area contributed by atoms with Crippen molar-refractivity contribution in [2.45, 2.75) is 116 Å². The Kier molecular flexibility index (Phi) is 15.1. The molecular weight excluding hydrogens is 766 g/mol. The molecule has 6 rings (SSSR count). The second kappa shape index (κ2) is 20.2. The molecule has 1 amide bonds. The molecule has 2 aromatic carbocycles. The number of fused-ring (bicyclic) bond motifs is 2. The second-order valence-electron chi connectivity index (χ2n) is 17.0. The molecule has 2 aliphatic carbocycles. The summed E-state index contributed by atoms with van der Waals surface area (Å²) in [7, 11) is 0. The maximum absolute atomic E-state index is 14.4. The van der Waals surface area contributed by atoms with E-state index >= 15 is 0 Å². The number of allylic oxidation sites excluding steroid dienone is 1. The molecule has 1 aromatic heterocycles. The lowest BCUT2D eigenvalue weighted by atomic mass is 9.55. The van der Waals surface area contributed by atoms with Gasteiger partial charge in [0, 0.05) is 43.4 Å². The highest BCUT2D eigenvalue weighted by Crippen LogP contribution is 2.62. The number of hydrogen-bond donors (Lipinski definition) is 2. The van der Waals surface area contributed by atoms with E-state index in [1.165, 1.54) is 12.1 Å². The summed E-state index contributed by atoms with van der Waals surface area (Å²) >= 11 is 0. The van der Waals surface area contributed by atoms with Crippen molar-refractivity contribution in [2.75, 3.05) is 26.4 Å². The Morgan fingerprint density at radius 1 is 1.07 bits per heavy atom. The van der Waals surface area contributed by atoms with E-state index in [0.717, 1.165) is 48.2 Å². The summed E-state index contributed by atoms with van der Waals surface area (Å²) in [5, 5.41) is 24.7. The van der Waals surface area contributed by atoms with E-state index in [9.17, 15) is 19.4 Å². The predicted octanol–water partition coefficient (Wildman–Crippen LogP) is 9.20. The quantitative estimate of drug-likeness (QED) is 0.0690. The number of rotatable bonds is 19. The SMILES string of the molecule is C=CCOC12Oc3ccc(OCc4cccc(C)n4)cc3C3C(CCCCO)C(CCCCO)C=C(C(=NOC(C)(C)C)CC1N(Cc1ccc(F)cc1)C(=O)OCC)C32. The third-order valence-electron chi connectivity index (χ3n) is 11.6. The molecule has 6 atom stereocenters. The van der Waals surface area contributed by atoms with Gasteiger partial charge in [0.15, 0.2) is 0 Å². The van der Waals surface area contributed by atoms with Crippen LogP contribution in [0, 0.1) is 30.5 Å². The zero-order chi connectivity index (χ0) is 42.9. The van der Waals surface area contributed by atoms with Crippen LogP contribution in [0.15, 0.2) is 90.1 Å². The number of nitrogens with zero attached hydrogens (tertiary/aromatic N) is 3. The molecule has 1 saturated carbocycles. The van der Waals surface area contributed by atoms with Gasteiger partial charge in [-0.2, -0.15) is 0 Å². The average Bonchev–Trinajstić information content (AvgIpc) is 3.22. The summed E-state index contributed by atoms with van der Waals surface area (Å²) in [6.07, 6.45) is 8.13. The Morgan fingerprint density at radius 3 is 2.50 bits per heavy atom. The zero-order valence-corrected chi connectivity index (χ0v) is 35.8. The van der Waals surface area contributed by atoms with Crippen molar-refractivity contribution in [1.82, 2.24) is 9.88 Å². The summed E-state index contributed by atoms with van der Waals surface area (Å²) in [5.41, 5.74) is 4.32. The van der Waals surface area contributed by atoms with Crippen LogP contribution < -0.4 is 9.47 Å². The summed E-state index contributed by atoms with van der Waals surface area (Å²) in [6.45, 7) is 14.3. The van der Waals surface area contributed by atoms with Gasteiger partial charge in [0.1, 0.15) is 35.6 Å². The van der Waals surface area contributed by atoms with Gasteiger partial charge >= 0.3 is 6.09 Å². The lowest BCUT2D eigenvalue weighted by Gasteiger charge is -2.60. The van der Waals surface area contributed by atoms with Crippen LogP contribution in [0.3, 0.4) is 0 Å². The molecule has 60 heavy (non-hydrogen) atoms. The Bertz CT molecular complexity index is 1980. The van der Waals surface area contributed by atoms with Crippen LogP contribution in [-0.4, -0.2) is 75.8 Å². The number of aromatic nitrogens is 1. The van der Waals surface area contributed by atoms with Gasteiger partial charge in [-0.15, -0.1) is 6.58 Å². The van der Waals surface area contributed by atoms with Crippen LogP contribution in [0.4, 0.5) is 9.18 Å². The smallest absolute Gasteiger partial charge is 0.410 e. The fraction of sp³-hybridized carbons (Fsp3) is 0.521. The molecule has 0 bridgehead atoms. The highest BCUT2D eigenvalue weighted by molar-refractivity contribution is 6.03. The first-order valence-corrected chi connectivity index (χ1v) is 21.4. The van der Waals surface area contributed by atoms with E-state index in [1.807, 2.05) is 58.0 Å². The third kappa shape index (κ3) is 10.4. The first-order valence-electron chi connectivity index (χ1n) is 21.4. The molecule has 1 aliphatic heterocycles. The van der Waals surface area contributed by atoms with E-state index in [-0.39, 0.29) is 69.6 Å². The van der Waals surface area contributed by atoms with Crippen molar-refractivity contribution >= 4 is 11.8 Å². The van der Waals surface area contributed by atoms with E-state index in [2.05, 4.69) is 23.7 Å². The highest BCUT2D eigenvalue weighted by Gasteiger charge is 2.65. The molecule has 2 heterocycles. The van der Waals surface area contributed by atoms with Crippen LogP contribution >= 0.6 is 0 Å². The van der Waals surface area contributed by atoms with Gasteiger partial charge < -0.3 is 34.0 Å². The Balaban J connectivity index is 1.59. The van der Waals surface area contributed by atoms with Gasteiger partial charge in [-0.1, -0.05) is 48.3 Å². The molecule has 0 spiro atoms. The van der Waals surface area contributed by atoms with Gasteiger partial charge in [0.05, 0.1) is 30.5 Å². The van der Waals surface area contributed by atoms with Crippen molar-refractivity contribution in [3.8, 4) is 11.5 Å². The highest BCUT2D eigenvalue weighted by atomic mass is 19.1. The van der Waals surface area contributed by atoms with Gasteiger partial charge in [-0.3, -0.25) is 9.88 Å². The molecule has 324 valence electrons. The fourth-order valence-corrected chi connectivity index (χ4v) is 9.06. The van der Waals surface area contributed by atoms with Gasteiger partial charge in [0.25, 0.3) is 0 Å². The first-order chi connectivity index (χ1) is 28.9. The summed E-state index contributed by atoms with van der Waals surface area (Å²) in [5.74, 6) is -1.27. The number of pyridine rings is 1. The first kappa shape index (κ1) is 44.8. The molecule has 11 nitrogen and oxygen atoms in total. The standard InChI is InChI=1S/C48H62FN3O8/c1-7-26-58-48-43(52(46(55)56-8-2)30-33-18-20-35(49)21-19-33)29-41(51-60-47(4,5)6)39-27-34(15-9-11-24-53)38(17-10-12-25-54)44(45(39)48)40-28-37(22-23-42(40)59-48)57-31-36-16-13-14-32(3)50-36/h7,13-14,16,18-23,27-28,34,38,43-45,53-54H,1,8-12,15,17,24-26,29-31H2,2-6H3. The zero-order valence-electron chi connectivity index (χ0n) is 35.8. The number of carbonyl (C=O) groups is 1. The Hall–Kier alpha value is -4.78. The lowest BCUT2D eigenvalue weighted by molar-refractivity contribution is -0.256. The molecule has 3 aliphatic rings. The number of aliphatic hydroxyl groups excluding tert-OH is 2. The number of hydrogen-bond acceptors (Lipinski definition) is 10. The Morgan fingerprint density at radius 2 is 1.82 bits per heavy atom. The van der Waals surface area contributed by atoms with Crippen molar-refractivity contribution < 1.29 is 43.2 Å². The molecule has 1 fully saturated rings. The number of carbonyl (C=O) groups excluding carboxylic acids is 1. The number of unbranched alkanes of at least 4 members (excludes halogenated alkanes) is 2. The molecule has 12 heteroatoms. The van der Waals surface area contributed by atoms with E-state index < -0.39 is 29.4 Å². The topological polar surface area (TPSA) is 132 Å². The predicted molar refractivity (Wildman–Crippen MR) is 228 cm³/mol.